The van der Waals surface area contributed by atoms with E-state index < -0.39 is 0 Å². The van der Waals surface area contributed by atoms with Crippen LogP contribution in [-0.4, -0.2) is 40.1 Å². The lowest BCUT2D eigenvalue weighted by Crippen LogP contribution is -2.07. The van der Waals surface area contributed by atoms with Crippen LogP contribution in [0.5, 0.6) is 0 Å². The van der Waals surface area contributed by atoms with Crippen LogP contribution < -0.4 is 5.32 Å². The number of fused-ring (bicyclic) bond motifs is 1. The van der Waals surface area contributed by atoms with Crippen LogP contribution in [0, 0.1) is 18.8 Å². The summed E-state index contributed by atoms with van der Waals surface area (Å²) in [6.07, 6.45) is 8.64. The number of rotatable bonds is 4. The number of aromatic nitrogens is 8. The highest BCUT2D eigenvalue weighted by molar-refractivity contribution is 5.79. The second-order valence-electron chi connectivity index (χ2n) is 6.98. The first-order chi connectivity index (χ1) is 15.7. The minimum atomic E-state index is 0.414. The summed E-state index contributed by atoms with van der Waals surface area (Å²) < 4.78 is 0. The number of nitrogens with zero attached hydrogens (tertiary/aromatic N) is 7. The molecule has 0 atom stereocenters. The molecule has 2 N–H and O–H groups in total. The van der Waals surface area contributed by atoms with Crippen molar-refractivity contribution in [3.63, 3.8) is 0 Å². The van der Waals surface area contributed by atoms with Crippen LogP contribution in [0.15, 0.2) is 61.3 Å². The van der Waals surface area contributed by atoms with E-state index in [0.29, 0.717) is 35.5 Å². The number of aromatic amines is 1. The van der Waals surface area contributed by atoms with Gasteiger partial charge >= 0.3 is 0 Å². The lowest BCUT2D eigenvalue weighted by atomic mass is 10.1. The van der Waals surface area contributed by atoms with Gasteiger partial charge in [0.05, 0.1) is 18.3 Å². The van der Waals surface area contributed by atoms with Gasteiger partial charge in [-0.15, -0.1) is 0 Å². The van der Waals surface area contributed by atoms with Crippen LogP contribution in [0.25, 0.3) is 22.4 Å². The van der Waals surface area contributed by atoms with Gasteiger partial charge in [0.2, 0.25) is 5.95 Å². The van der Waals surface area contributed by atoms with Crippen molar-refractivity contribution in [2.75, 3.05) is 5.32 Å². The lowest BCUT2D eigenvalue weighted by molar-refractivity contribution is 0.920. The molecule has 154 valence electrons. The molecule has 9 heteroatoms. The molecule has 9 nitrogen and oxygen atoms in total. The highest BCUT2D eigenvalue weighted by atomic mass is 15.1. The number of benzene rings is 1. The van der Waals surface area contributed by atoms with E-state index >= 15 is 0 Å². The Labute approximate surface area is 183 Å². The maximum Gasteiger partial charge on any atom is 0.223 e. The van der Waals surface area contributed by atoms with Crippen molar-refractivity contribution < 1.29 is 0 Å². The number of hydrogen-bond acceptors (Lipinski definition) is 8. The Hall–Kier alpha value is -4.71. The number of nitrogens with one attached hydrogen (secondary N) is 2. The minimum absolute atomic E-state index is 0.414. The Morgan fingerprint density at radius 2 is 1.78 bits per heavy atom. The Balaban J connectivity index is 1.34. The Kier molecular flexibility index (Phi) is 5.16. The molecule has 0 radical (unpaired) electrons. The summed E-state index contributed by atoms with van der Waals surface area (Å²) >= 11 is 0. The molecule has 4 aromatic heterocycles. The average Bonchev–Trinajstić information content (AvgIpc) is 3.31. The van der Waals surface area contributed by atoms with Crippen LogP contribution in [-0.2, 0) is 6.54 Å². The van der Waals surface area contributed by atoms with E-state index in [2.05, 4.69) is 57.3 Å². The molecule has 0 saturated carbocycles. The largest absolute Gasteiger partial charge is 0.347 e. The number of hydrogen-bond donors (Lipinski definition) is 2. The third-order valence-electron chi connectivity index (χ3n) is 4.55. The maximum absolute atomic E-state index is 4.53. The molecular weight excluding hydrogens is 402 g/mol. The van der Waals surface area contributed by atoms with Gasteiger partial charge in [0, 0.05) is 35.7 Å². The van der Waals surface area contributed by atoms with Gasteiger partial charge < -0.3 is 5.32 Å². The third-order valence-corrected chi connectivity index (χ3v) is 4.55. The van der Waals surface area contributed by atoms with Gasteiger partial charge in [0.1, 0.15) is 17.2 Å². The Morgan fingerprint density at radius 1 is 0.906 bits per heavy atom. The standard InChI is InChI=1S/C23H17N9/c1-15-11-26-21(27-12-15)14-28-23-25-9-7-20(31-23)22-24-8-6-18(30-22)4-2-16-3-5-19-17(10-16)13-29-32-19/h3,5-13H,14H2,1H3,(H,29,32)(H,25,28,31). The quantitative estimate of drug-likeness (QED) is 0.427. The molecule has 0 aliphatic heterocycles. The molecule has 1 aromatic carbocycles. The topological polar surface area (TPSA) is 118 Å². The van der Waals surface area contributed by atoms with Crippen molar-refractivity contribution >= 4 is 16.9 Å². The van der Waals surface area contributed by atoms with Crippen molar-refractivity contribution in [2.45, 2.75) is 13.5 Å². The van der Waals surface area contributed by atoms with Crippen molar-refractivity contribution in [3.05, 3.63) is 84.0 Å². The third kappa shape index (κ3) is 4.39. The van der Waals surface area contributed by atoms with E-state index in [9.17, 15) is 0 Å². The van der Waals surface area contributed by atoms with Crippen molar-refractivity contribution in [1.29, 1.82) is 0 Å². The minimum Gasteiger partial charge on any atom is -0.347 e. The SMILES string of the molecule is Cc1cnc(CNc2nccc(-c3nccc(C#Cc4ccc5[nH]ncc5c4)n3)n2)nc1. The van der Waals surface area contributed by atoms with E-state index in [1.807, 2.05) is 25.1 Å². The predicted molar refractivity (Wildman–Crippen MR) is 119 cm³/mol. The number of aryl methyl sites for hydroxylation is 1. The van der Waals surface area contributed by atoms with E-state index in [-0.39, 0.29) is 0 Å². The van der Waals surface area contributed by atoms with Gasteiger partial charge in [-0.05, 0) is 48.7 Å². The van der Waals surface area contributed by atoms with E-state index in [1.54, 1.807) is 43.1 Å². The highest BCUT2D eigenvalue weighted by Gasteiger charge is 2.06. The molecule has 0 aliphatic carbocycles. The van der Waals surface area contributed by atoms with E-state index in [0.717, 1.165) is 22.0 Å². The Bertz CT molecular complexity index is 1450. The number of anilines is 1. The Morgan fingerprint density at radius 3 is 2.69 bits per heavy atom. The van der Waals surface area contributed by atoms with Crippen LogP contribution in [0.4, 0.5) is 5.95 Å². The summed E-state index contributed by atoms with van der Waals surface area (Å²) in [4.78, 5) is 26.2. The van der Waals surface area contributed by atoms with Crippen LogP contribution >= 0.6 is 0 Å². The fraction of sp³-hybridized carbons (Fsp3) is 0.0870. The lowest BCUT2D eigenvalue weighted by Gasteiger charge is -2.05. The van der Waals surface area contributed by atoms with Crippen molar-refractivity contribution in [3.8, 4) is 23.4 Å². The first kappa shape index (κ1) is 19.3. The van der Waals surface area contributed by atoms with Crippen molar-refractivity contribution in [2.24, 2.45) is 0 Å². The highest BCUT2D eigenvalue weighted by Crippen LogP contribution is 2.14. The zero-order chi connectivity index (χ0) is 21.8. The first-order valence-electron chi connectivity index (χ1n) is 9.86. The molecule has 0 saturated heterocycles. The summed E-state index contributed by atoms with van der Waals surface area (Å²) in [7, 11) is 0. The first-order valence-corrected chi connectivity index (χ1v) is 9.86. The molecule has 0 amide bonds. The summed E-state index contributed by atoms with van der Waals surface area (Å²) in [5, 5.41) is 11.1. The summed E-state index contributed by atoms with van der Waals surface area (Å²) in [6, 6.07) is 9.40. The van der Waals surface area contributed by atoms with Gasteiger partial charge in [-0.1, -0.05) is 5.92 Å². The van der Waals surface area contributed by atoms with Crippen LogP contribution in [0.2, 0.25) is 0 Å². The van der Waals surface area contributed by atoms with E-state index in [4.69, 9.17) is 0 Å². The zero-order valence-corrected chi connectivity index (χ0v) is 17.1. The summed E-state index contributed by atoms with van der Waals surface area (Å²) in [5.74, 6) is 7.80. The molecule has 5 rings (SSSR count). The van der Waals surface area contributed by atoms with Gasteiger partial charge in [-0.2, -0.15) is 5.10 Å². The van der Waals surface area contributed by atoms with Crippen LogP contribution in [0.1, 0.15) is 22.6 Å². The van der Waals surface area contributed by atoms with Crippen LogP contribution in [0.3, 0.4) is 0 Å². The molecule has 32 heavy (non-hydrogen) atoms. The summed E-state index contributed by atoms with van der Waals surface area (Å²) in [6.45, 7) is 2.36. The average molecular weight is 419 g/mol. The molecular formula is C23H17N9. The summed E-state index contributed by atoms with van der Waals surface area (Å²) in [5.41, 5.74) is 4.06. The smallest absolute Gasteiger partial charge is 0.223 e. The number of H-pyrrole nitrogens is 1. The zero-order valence-electron chi connectivity index (χ0n) is 17.1. The molecule has 5 aromatic rings. The molecule has 4 heterocycles. The molecule has 0 spiro atoms. The molecule has 0 bridgehead atoms. The monoisotopic (exact) mass is 419 g/mol. The van der Waals surface area contributed by atoms with E-state index in [1.165, 1.54) is 0 Å². The van der Waals surface area contributed by atoms with Crippen molar-refractivity contribution in [1.82, 2.24) is 40.1 Å². The van der Waals surface area contributed by atoms with Gasteiger partial charge in [0.15, 0.2) is 5.82 Å². The second kappa shape index (κ2) is 8.57. The van der Waals surface area contributed by atoms with Gasteiger partial charge in [-0.3, -0.25) is 5.10 Å². The molecule has 0 fully saturated rings. The normalized spacial score (nSPS) is 10.5. The van der Waals surface area contributed by atoms with Gasteiger partial charge in [0.25, 0.3) is 0 Å². The molecule has 0 aliphatic rings. The predicted octanol–water partition coefficient (Wildman–Crippen LogP) is 2.92. The van der Waals surface area contributed by atoms with Gasteiger partial charge in [-0.25, -0.2) is 29.9 Å². The molecule has 0 unspecified atom stereocenters. The maximum atomic E-state index is 4.53. The fourth-order valence-corrected chi connectivity index (χ4v) is 2.95. The second-order valence-corrected chi connectivity index (χ2v) is 6.98. The fourth-order valence-electron chi connectivity index (χ4n) is 2.95.